The van der Waals surface area contributed by atoms with E-state index in [0.717, 1.165) is 21.9 Å². The first-order valence-corrected chi connectivity index (χ1v) is 18.1. The molecule has 2 N–H and O–H groups in total. The Balaban J connectivity index is 1.10. The van der Waals surface area contributed by atoms with Gasteiger partial charge in [-0.1, -0.05) is 40.6 Å². The van der Waals surface area contributed by atoms with E-state index >= 15 is 0 Å². The number of rotatable bonds is 8. The van der Waals surface area contributed by atoms with E-state index in [1.54, 1.807) is 66.4 Å². The van der Waals surface area contributed by atoms with Gasteiger partial charge in [0.1, 0.15) is 0 Å². The van der Waals surface area contributed by atoms with Crippen LogP contribution in [0.25, 0.3) is 0 Å². The van der Waals surface area contributed by atoms with Gasteiger partial charge in [-0.2, -0.15) is 0 Å². The molecule has 2 bridgehead atoms. The van der Waals surface area contributed by atoms with Crippen LogP contribution in [0.1, 0.15) is 29.7 Å². The molecule has 3 amide bonds. The maximum absolute atomic E-state index is 14.0. The Morgan fingerprint density at radius 1 is 0.917 bits per heavy atom. The first kappa shape index (κ1) is 31.5. The first-order chi connectivity index (χ1) is 23.2. The highest BCUT2D eigenvalue weighted by molar-refractivity contribution is 8.00. The maximum Gasteiger partial charge on any atom is 0.305 e. The number of amides is 3. The summed E-state index contributed by atoms with van der Waals surface area (Å²) in [7, 11) is 0. The lowest BCUT2D eigenvalue weighted by Gasteiger charge is -2.43. The predicted octanol–water partition coefficient (Wildman–Crippen LogP) is 6.84. The monoisotopic (exact) mass is 721 g/mol. The van der Waals surface area contributed by atoms with Crippen LogP contribution in [0.15, 0.2) is 76.6 Å². The molecule has 2 saturated carbocycles. The van der Waals surface area contributed by atoms with Gasteiger partial charge in [0, 0.05) is 31.8 Å². The minimum absolute atomic E-state index is 0.00377. The van der Waals surface area contributed by atoms with Crippen molar-refractivity contribution in [2.45, 2.75) is 29.5 Å². The highest BCUT2D eigenvalue weighted by Crippen LogP contribution is 2.68. The molecule has 0 spiro atoms. The molecule has 2 aliphatic heterocycles. The molecule has 9 nitrogen and oxygen atoms in total. The van der Waals surface area contributed by atoms with Crippen LogP contribution < -0.4 is 24.6 Å². The zero-order valence-electron chi connectivity index (χ0n) is 25.5. The van der Waals surface area contributed by atoms with Gasteiger partial charge in [0.2, 0.25) is 11.8 Å². The number of halogens is 2. The number of aromatic nitrogens is 1. The van der Waals surface area contributed by atoms with Gasteiger partial charge in [0.25, 0.3) is 5.91 Å². The first-order valence-electron chi connectivity index (χ1n) is 15.7. The highest BCUT2D eigenvalue weighted by Gasteiger charge is 2.69. The van der Waals surface area contributed by atoms with Crippen LogP contribution in [0.3, 0.4) is 0 Å². The Morgan fingerprint density at radius 3 is 2.31 bits per heavy atom. The summed E-state index contributed by atoms with van der Waals surface area (Å²) in [5.41, 5.74) is 2.07. The molecule has 3 fully saturated rings. The fraction of sp³-hybridized carbons (Fsp3) is 0.314. The topological polar surface area (TPSA) is 118 Å². The number of benzene rings is 3. The third kappa shape index (κ3) is 5.22. The van der Waals surface area contributed by atoms with Gasteiger partial charge >= 0.3 is 4.87 Å². The van der Waals surface area contributed by atoms with Crippen molar-refractivity contribution in [3.05, 3.63) is 96.9 Å². The second-order valence-electron chi connectivity index (χ2n) is 12.4. The van der Waals surface area contributed by atoms with Gasteiger partial charge < -0.3 is 19.8 Å². The molecule has 1 saturated heterocycles. The summed E-state index contributed by atoms with van der Waals surface area (Å²) in [5.74, 6) is -0.784. The quantitative estimate of drug-likeness (QED) is 0.192. The van der Waals surface area contributed by atoms with Crippen molar-refractivity contribution in [3.8, 4) is 11.5 Å². The predicted molar refractivity (Wildman–Crippen MR) is 186 cm³/mol. The standard InChI is InChI=1S/C35H29Cl2N3O6S2/c1-2-45-24-13-16(3-12-23(24)46-15-25(41)38-19-8-4-17(36)5-9-19)26-27-21-14-22(30(27)47-32-31(26)48-35(44)39-32)29-28(21)33(42)40(34(29)43)20-10-6-18(37)7-11-20/h3-13,21-22,26-30H,2,14-15H2,1H3,(H,38,41)(H,39,44)/t21-,22-,26+,27-,28+,29+,30-/m1/s1. The van der Waals surface area contributed by atoms with Crippen molar-refractivity contribution in [1.29, 1.82) is 0 Å². The van der Waals surface area contributed by atoms with Crippen LogP contribution in [0, 0.1) is 29.6 Å². The van der Waals surface area contributed by atoms with Crippen LogP contribution in [-0.2, 0) is 14.4 Å². The number of carbonyl (C=O) groups is 3. The molecular formula is C35H29Cl2N3O6S2. The molecule has 7 atom stereocenters. The van der Waals surface area contributed by atoms with Crippen LogP contribution in [0.2, 0.25) is 10.0 Å². The van der Waals surface area contributed by atoms with Gasteiger partial charge in [-0.25, -0.2) is 0 Å². The minimum Gasteiger partial charge on any atom is -0.490 e. The van der Waals surface area contributed by atoms with Gasteiger partial charge in [-0.3, -0.25) is 24.1 Å². The van der Waals surface area contributed by atoms with Crippen molar-refractivity contribution in [1.82, 2.24) is 4.98 Å². The van der Waals surface area contributed by atoms with Gasteiger partial charge in [-0.05, 0) is 97.3 Å². The van der Waals surface area contributed by atoms with Crippen LogP contribution in [0.4, 0.5) is 11.4 Å². The number of nitrogens with zero attached hydrogens (tertiary/aromatic N) is 1. The van der Waals surface area contributed by atoms with Gasteiger partial charge in [0.15, 0.2) is 18.1 Å². The van der Waals surface area contributed by atoms with Crippen LogP contribution in [-0.4, -0.2) is 41.2 Å². The van der Waals surface area contributed by atoms with Crippen molar-refractivity contribution in [2.75, 3.05) is 23.4 Å². The van der Waals surface area contributed by atoms with E-state index < -0.39 is 11.8 Å². The zero-order valence-corrected chi connectivity index (χ0v) is 28.6. The normalized spacial score (nSPS) is 26.6. The second-order valence-corrected chi connectivity index (χ2v) is 15.5. The van der Waals surface area contributed by atoms with E-state index in [-0.39, 0.29) is 58.1 Å². The van der Waals surface area contributed by atoms with Crippen molar-refractivity contribution in [2.24, 2.45) is 29.6 Å². The average Bonchev–Trinajstić information content (AvgIpc) is 3.81. The number of nitrogens with one attached hydrogen (secondary N) is 2. The molecule has 48 heavy (non-hydrogen) atoms. The number of fused-ring (bicyclic) bond motifs is 9. The van der Waals surface area contributed by atoms with Crippen molar-refractivity contribution < 1.29 is 23.9 Å². The molecule has 8 rings (SSSR count). The molecule has 4 aliphatic rings. The van der Waals surface area contributed by atoms with E-state index in [0.29, 0.717) is 39.5 Å². The highest BCUT2D eigenvalue weighted by atomic mass is 35.5. The van der Waals surface area contributed by atoms with Gasteiger partial charge in [0.05, 0.1) is 29.2 Å². The van der Waals surface area contributed by atoms with E-state index in [2.05, 4.69) is 10.3 Å². The fourth-order valence-electron chi connectivity index (χ4n) is 8.21. The minimum atomic E-state index is -0.423. The molecule has 3 heterocycles. The van der Waals surface area contributed by atoms with E-state index in [4.69, 9.17) is 32.7 Å². The number of thioether (sulfide) groups is 1. The van der Waals surface area contributed by atoms with Crippen LogP contribution in [0.5, 0.6) is 11.5 Å². The number of aromatic amines is 1. The summed E-state index contributed by atoms with van der Waals surface area (Å²) >= 11 is 14.9. The number of hydrogen-bond donors (Lipinski definition) is 2. The molecule has 0 radical (unpaired) electrons. The van der Waals surface area contributed by atoms with Crippen molar-refractivity contribution >= 4 is 75.4 Å². The SMILES string of the molecule is CCOc1cc([C@@H]2c3sc(=O)[nH]c3S[C@@H]3[C@@H]4C[C@@H]([C@@H]5C(=O)N(c6ccc(Cl)cc6)C(=O)[C@@H]45)[C@H]23)ccc1OCC(=O)Nc1ccc(Cl)cc1. The average molecular weight is 723 g/mol. The molecule has 4 aromatic rings. The summed E-state index contributed by atoms with van der Waals surface area (Å²) in [6.45, 7) is 2.01. The Hall–Kier alpha value is -3.77. The smallest absolute Gasteiger partial charge is 0.305 e. The third-order valence-corrected chi connectivity index (χ3v) is 13.0. The summed E-state index contributed by atoms with van der Waals surface area (Å²) in [4.78, 5) is 58.4. The lowest BCUT2D eigenvalue weighted by Crippen LogP contribution is -2.42. The Morgan fingerprint density at radius 2 is 1.60 bits per heavy atom. The number of anilines is 2. The summed E-state index contributed by atoms with van der Waals surface area (Å²) in [5, 5.41) is 4.76. The second kappa shape index (κ2) is 12.3. The Labute approximate surface area is 293 Å². The maximum atomic E-state index is 14.0. The summed E-state index contributed by atoms with van der Waals surface area (Å²) < 4.78 is 11.9. The zero-order chi connectivity index (χ0) is 33.3. The molecule has 1 aromatic heterocycles. The number of hydrogen-bond acceptors (Lipinski definition) is 8. The third-order valence-electron chi connectivity index (χ3n) is 9.92. The van der Waals surface area contributed by atoms with Crippen molar-refractivity contribution in [3.63, 3.8) is 0 Å². The number of ether oxygens (including phenoxy) is 2. The summed E-state index contributed by atoms with van der Waals surface area (Å²) in [6, 6.07) is 19.3. The molecule has 0 unspecified atom stereocenters. The largest absolute Gasteiger partial charge is 0.490 e. The number of carbonyl (C=O) groups excluding carboxylic acids is 3. The van der Waals surface area contributed by atoms with E-state index in [1.807, 2.05) is 19.1 Å². The summed E-state index contributed by atoms with van der Waals surface area (Å²) in [6.07, 6.45) is 0.779. The number of imide groups is 1. The Kier molecular flexibility index (Phi) is 8.06. The molecule has 3 aromatic carbocycles. The van der Waals surface area contributed by atoms with E-state index in [9.17, 15) is 19.2 Å². The molecule has 13 heteroatoms. The lowest BCUT2D eigenvalue weighted by atomic mass is 9.68. The molecule has 246 valence electrons. The molecular weight excluding hydrogens is 693 g/mol. The fourth-order valence-corrected chi connectivity index (χ4v) is 11.4. The number of H-pyrrole nitrogens is 1. The number of thiazole rings is 1. The van der Waals surface area contributed by atoms with Gasteiger partial charge in [-0.15, -0.1) is 11.8 Å². The van der Waals surface area contributed by atoms with Crippen LogP contribution >= 0.6 is 46.3 Å². The lowest BCUT2D eigenvalue weighted by molar-refractivity contribution is -0.123. The molecule has 2 aliphatic carbocycles. The van der Waals surface area contributed by atoms with E-state index in [1.165, 1.54) is 16.2 Å². The Bertz CT molecular complexity index is 2000.